The van der Waals surface area contributed by atoms with Crippen molar-refractivity contribution in [1.29, 1.82) is 0 Å². The van der Waals surface area contributed by atoms with Gasteiger partial charge in [-0.15, -0.1) is 0 Å². The minimum Gasteiger partial charge on any atom is -0.491 e. The number of amides is 1. The number of hydrogen-bond donors (Lipinski definition) is 1. The SMILES string of the molecule is CCOC(C)Cc1ccc(C(=O)Nc2ccc(Oc3ccc(OC(C)C)cc3)cc2)c(C)n1. The lowest BCUT2D eigenvalue weighted by molar-refractivity contribution is 0.0761. The maximum Gasteiger partial charge on any atom is 0.257 e. The van der Waals surface area contributed by atoms with E-state index in [4.69, 9.17) is 14.2 Å². The van der Waals surface area contributed by atoms with Crippen molar-refractivity contribution in [2.45, 2.75) is 53.2 Å². The number of carbonyl (C=O) groups excluding carboxylic acids is 1. The Kier molecular flexibility index (Phi) is 8.44. The van der Waals surface area contributed by atoms with Crippen molar-refractivity contribution >= 4 is 11.6 Å². The van der Waals surface area contributed by atoms with Gasteiger partial charge in [-0.3, -0.25) is 9.78 Å². The zero-order valence-corrected chi connectivity index (χ0v) is 19.9. The highest BCUT2D eigenvalue weighted by atomic mass is 16.5. The van der Waals surface area contributed by atoms with E-state index in [0.29, 0.717) is 41.5 Å². The first-order valence-electron chi connectivity index (χ1n) is 11.3. The molecular weight excluding hydrogens is 416 g/mol. The van der Waals surface area contributed by atoms with Crippen LogP contribution in [-0.4, -0.2) is 29.7 Å². The molecule has 0 spiro atoms. The van der Waals surface area contributed by atoms with Crippen LogP contribution in [0.3, 0.4) is 0 Å². The van der Waals surface area contributed by atoms with E-state index in [-0.39, 0.29) is 18.1 Å². The van der Waals surface area contributed by atoms with E-state index in [9.17, 15) is 4.79 Å². The minimum absolute atomic E-state index is 0.0913. The molecule has 0 aliphatic carbocycles. The van der Waals surface area contributed by atoms with Crippen LogP contribution in [0.25, 0.3) is 0 Å². The summed E-state index contributed by atoms with van der Waals surface area (Å²) in [5.41, 5.74) is 2.84. The van der Waals surface area contributed by atoms with E-state index in [1.807, 2.05) is 95.3 Å². The number of benzene rings is 2. The average molecular weight is 449 g/mol. The van der Waals surface area contributed by atoms with Gasteiger partial charge in [0.2, 0.25) is 0 Å². The standard InChI is InChI=1S/C27H32N2O4/c1-6-31-19(4)17-22-9-16-26(20(5)28-22)27(30)29-21-7-10-24(11-8-21)33-25-14-12-23(13-15-25)32-18(2)3/h7-16,18-19H,6,17H2,1-5H3,(H,29,30). The third kappa shape index (κ3) is 7.32. The third-order valence-corrected chi connectivity index (χ3v) is 4.88. The molecular formula is C27H32N2O4. The molecule has 174 valence electrons. The molecule has 0 bridgehead atoms. The van der Waals surface area contributed by atoms with Crippen molar-refractivity contribution in [3.05, 3.63) is 77.6 Å². The molecule has 3 rings (SSSR count). The van der Waals surface area contributed by atoms with Crippen molar-refractivity contribution in [1.82, 2.24) is 4.98 Å². The molecule has 1 heterocycles. The summed E-state index contributed by atoms with van der Waals surface area (Å²) in [5.74, 6) is 2.00. The number of nitrogens with zero attached hydrogens (tertiary/aromatic N) is 1. The number of aromatic nitrogens is 1. The Bertz CT molecular complexity index is 1050. The average Bonchev–Trinajstić information content (AvgIpc) is 2.76. The van der Waals surface area contributed by atoms with Crippen molar-refractivity contribution < 1.29 is 19.0 Å². The summed E-state index contributed by atoms with van der Waals surface area (Å²) in [6.45, 7) is 10.5. The summed E-state index contributed by atoms with van der Waals surface area (Å²) >= 11 is 0. The van der Waals surface area contributed by atoms with Crippen molar-refractivity contribution in [2.24, 2.45) is 0 Å². The van der Waals surface area contributed by atoms with Gasteiger partial charge in [-0.1, -0.05) is 0 Å². The minimum atomic E-state index is -0.196. The Labute approximate surface area is 195 Å². The number of nitrogens with one attached hydrogen (secondary N) is 1. The quantitative estimate of drug-likeness (QED) is 0.400. The molecule has 33 heavy (non-hydrogen) atoms. The van der Waals surface area contributed by atoms with Gasteiger partial charge < -0.3 is 19.5 Å². The first-order valence-corrected chi connectivity index (χ1v) is 11.3. The molecule has 0 saturated heterocycles. The molecule has 0 aliphatic heterocycles. The lowest BCUT2D eigenvalue weighted by atomic mass is 10.1. The summed E-state index contributed by atoms with van der Waals surface area (Å²) in [6, 6.07) is 18.4. The number of aryl methyl sites for hydroxylation is 1. The van der Waals surface area contributed by atoms with Crippen LogP contribution >= 0.6 is 0 Å². The first kappa shape index (κ1) is 24.3. The maximum absolute atomic E-state index is 12.7. The highest BCUT2D eigenvalue weighted by Gasteiger charge is 2.13. The second-order valence-corrected chi connectivity index (χ2v) is 8.12. The maximum atomic E-state index is 12.7. The highest BCUT2D eigenvalue weighted by molar-refractivity contribution is 6.05. The fourth-order valence-corrected chi connectivity index (χ4v) is 3.40. The molecule has 6 nitrogen and oxygen atoms in total. The van der Waals surface area contributed by atoms with Gasteiger partial charge in [0.15, 0.2) is 0 Å². The summed E-state index contributed by atoms with van der Waals surface area (Å²) in [5, 5.41) is 2.92. The molecule has 1 N–H and O–H groups in total. The molecule has 1 unspecified atom stereocenters. The number of pyridine rings is 1. The summed E-state index contributed by atoms with van der Waals surface area (Å²) in [7, 11) is 0. The lowest BCUT2D eigenvalue weighted by Crippen LogP contribution is -2.16. The Balaban J connectivity index is 1.58. The van der Waals surface area contributed by atoms with Gasteiger partial charge in [-0.2, -0.15) is 0 Å². The molecule has 1 atom stereocenters. The largest absolute Gasteiger partial charge is 0.491 e. The van der Waals surface area contributed by atoms with E-state index in [0.717, 1.165) is 11.4 Å². The predicted octanol–water partition coefficient (Wildman–Crippen LogP) is 6.19. The smallest absolute Gasteiger partial charge is 0.257 e. The molecule has 1 aromatic heterocycles. The Morgan fingerprint density at radius 2 is 1.52 bits per heavy atom. The summed E-state index contributed by atoms with van der Waals surface area (Å²) < 4.78 is 17.1. The van der Waals surface area contributed by atoms with Crippen molar-refractivity contribution in [3.8, 4) is 17.2 Å². The summed E-state index contributed by atoms with van der Waals surface area (Å²) in [4.78, 5) is 17.3. The third-order valence-electron chi connectivity index (χ3n) is 4.88. The van der Waals surface area contributed by atoms with E-state index in [2.05, 4.69) is 10.3 Å². The van der Waals surface area contributed by atoms with Crippen LogP contribution in [0.1, 0.15) is 49.4 Å². The topological polar surface area (TPSA) is 69.7 Å². The first-order chi connectivity index (χ1) is 15.8. The monoisotopic (exact) mass is 448 g/mol. The van der Waals surface area contributed by atoms with Gasteiger partial charge in [0.1, 0.15) is 17.2 Å². The van der Waals surface area contributed by atoms with Gasteiger partial charge >= 0.3 is 0 Å². The molecule has 3 aromatic rings. The van der Waals surface area contributed by atoms with Gasteiger partial charge in [0.25, 0.3) is 5.91 Å². The van der Waals surface area contributed by atoms with Gasteiger partial charge in [-0.05, 0) is 95.3 Å². The number of anilines is 1. The second kappa shape index (κ2) is 11.5. The van der Waals surface area contributed by atoms with Crippen LogP contribution in [0.5, 0.6) is 17.2 Å². The zero-order valence-electron chi connectivity index (χ0n) is 19.9. The zero-order chi connectivity index (χ0) is 23.8. The number of rotatable bonds is 10. The van der Waals surface area contributed by atoms with Crippen molar-refractivity contribution in [2.75, 3.05) is 11.9 Å². The van der Waals surface area contributed by atoms with Crippen molar-refractivity contribution in [3.63, 3.8) is 0 Å². The molecule has 1 amide bonds. The van der Waals surface area contributed by atoms with Crippen LogP contribution < -0.4 is 14.8 Å². The van der Waals surface area contributed by atoms with Gasteiger partial charge in [0, 0.05) is 24.4 Å². The van der Waals surface area contributed by atoms with E-state index in [1.165, 1.54) is 0 Å². The van der Waals surface area contributed by atoms with Crippen LogP contribution in [-0.2, 0) is 11.2 Å². The van der Waals surface area contributed by atoms with Gasteiger partial charge in [-0.25, -0.2) is 0 Å². The molecule has 6 heteroatoms. The van der Waals surface area contributed by atoms with Crippen LogP contribution in [0.4, 0.5) is 5.69 Å². The molecule has 0 fully saturated rings. The second-order valence-electron chi connectivity index (χ2n) is 8.12. The molecule has 0 radical (unpaired) electrons. The Hall–Kier alpha value is -3.38. The lowest BCUT2D eigenvalue weighted by Gasteiger charge is -2.13. The van der Waals surface area contributed by atoms with E-state index < -0.39 is 0 Å². The van der Waals surface area contributed by atoms with Crippen LogP contribution in [0.2, 0.25) is 0 Å². The van der Waals surface area contributed by atoms with E-state index >= 15 is 0 Å². The number of ether oxygens (including phenoxy) is 3. The van der Waals surface area contributed by atoms with E-state index in [1.54, 1.807) is 0 Å². The van der Waals surface area contributed by atoms with Crippen LogP contribution in [0, 0.1) is 6.92 Å². The number of carbonyl (C=O) groups is 1. The van der Waals surface area contributed by atoms with Gasteiger partial charge in [0.05, 0.1) is 23.5 Å². The normalized spacial score (nSPS) is 11.8. The molecule has 2 aromatic carbocycles. The predicted molar refractivity (Wildman–Crippen MR) is 130 cm³/mol. The number of hydrogen-bond acceptors (Lipinski definition) is 5. The molecule has 0 saturated carbocycles. The Morgan fingerprint density at radius 1 is 0.909 bits per heavy atom. The Morgan fingerprint density at radius 3 is 2.09 bits per heavy atom. The van der Waals surface area contributed by atoms with Crippen LogP contribution in [0.15, 0.2) is 60.7 Å². The fraction of sp³-hybridized carbons (Fsp3) is 0.333. The summed E-state index contributed by atoms with van der Waals surface area (Å²) in [6.07, 6.45) is 0.931. The highest BCUT2D eigenvalue weighted by Crippen LogP contribution is 2.25. The molecule has 0 aliphatic rings. The fourth-order valence-electron chi connectivity index (χ4n) is 3.40.